The second-order valence-electron chi connectivity index (χ2n) is 4.85. The third-order valence-electron chi connectivity index (χ3n) is 3.33. The molecular weight excluding hydrogens is 224 g/mol. The monoisotopic (exact) mass is 248 g/mol. The maximum Gasteiger partial charge on any atom is 0.153 e. The number of sulfone groups is 1. The minimum Gasteiger partial charge on any atom is -0.330 e. The molecule has 4 nitrogen and oxygen atoms in total. The van der Waals surface area contributed by atoms with Crippen molar-refractivity contribution in [1.29, 1.82) is 0 Å². The summed E-state index contributed by atoms with van der Waals surface area (Å²) in [5.41, 5.74) is 5.73. The lowest BCUT2D eigenvalue weighted by atomic mass is 10.0. The number of rotatable bonds is 5. The normalized spacial score (nSPS) is 27.8. The Kier molecular flexibility index (Phi) is 5.21. The molecular formula is C11H24N2O2S. The lowest BCUT2D eigenvalue weighted by Gasteiger charge is -2.35. The van der Waals surface area contributed by atoms with E-state index in [-0.39, 0.29) is 6.04 Å². The molecule has 1 heterocycles. The van der Waals surface area contributed by atoms with Gasteiger partial charge in [0, 0.05) is 19.1 Å². The highest BCUT2D eigenvalue weighted by molar-refractivity contribution is 7.91. The molecule has 1 saturated heterocycles. The van der Waals surface area contributed by atoms with Crippen LogP contribution in [0.25, 0.3) is 0 Å². The van der Waals surface area contributed by atoms with Gasteiger partial charge in [0.1, 0.15) is 0 Å². The number of nitrogens with two attached hydrogens (primary N) is 1. The smallest absolute Gasteiger partial charge is 0.153 e. The third-order valence-corrected chi connectivity index (χ3v) is 5.13. The predicted molar refractivity (Wildman–Crippen MR) is 67.1 cm³/mol. The fourth-order valence-corrected chi connectivity index (χ4v) is 3.95. The van der Waals surface area contributed by atoms with Crippen LogP contribution in [0.5, 0.6) is 0 Å². The minimum absolute atomic E-state index is 0.143. The van der Waals surface area contributed by atoms with Gasteiger partial charge in [-0.05, 0) is 25.8 Å². The summed E-state index contributed by atoms with van der Waals surface area (Å²) >= 11 is 0. The van der Waals surface area contributed by atoms with E-state index in [1.54, 1.807) is 0 Å². The molecule has 1 fully saturated rings. The van der Waals surface area contributed by atoms with Crippen LogP contribution in [0.1, 0.15) is 26.7 Å². The highest BCUT2D eigenvalue weighted by Crippen LogP contribution is 2.15. The summed E-state index contributed by atoms with van der Waals surface area (Å²) in [6.07, 6.45) is 2.27. The maximum atomic E-state index is 11.4. The topological polar surface area (TPSA) is 63.4 Å². The lowest BCUT2D eigenvalue weighted by molar-refractivity contribution is 0.188. The molecule has 0 amide bonds. The molecule has 2 unspecified atom stereocenters. The van der Waals surface area contributed by atoms with E-state index >= 15 is 0 Å². The Balaban J connectivity index is 2.49. The van der Waals surface area contributed by atoms with Crippen LogP contribution in [-0.2, 0) is 9.84 Å². The summed E-state index contributed by atoms with van der Waals surface area (Å²) in [5, 5.41) is 0. The summed E-state index contributed by atoms with van der Waals surface area (Å²) in [6, 6.07) is 0.143. The van der Waals surface area contributed by atoms with Gasteiger partial charge in [-0.3, -0.25) is 4.90 Å². The van der Waals surface area contributed by atoms with E-state index in [0.29, 0.717) is 30.5 Å². The third kappa shape index (κ3) is 4.03. The number of hydrogen-bond acceptors (Lipinski definition) is 4. The first kappa shape index (κ1) is 13.9. The van der Waals surface area contributed by atoms with E-state index < -0.39 is 9.84 Å². The fraction of sp³-hybridized carbons (Fsp3) is 1.00. The van der Waals surface area contributed by atoms with Crippen LogP contribution in [0.15, 0.2) is 0 Å². The molecule has 0 bridgehead atoms. The molecule has 1 aliphatic rings. The maximum absolute atomic E-state index is 11.4. The summed E-state index contributed by atoms with van der Waals surface area (Å²) in [7, 11) is -2.79. The van der Waals surface area contributed by atoms with Gasteiger partial charge < -0.3 is 5.73 Å². The number of hydrogen-bond donors (Lipinski definition) is 1. The van der Waals surface area contributed by atoms with Gasteiger partial charge in [-0.25, -0.2) is 8.42 Å². The van der Waals surface area contributed by atoms with Gasteiger partial charge in [0.2, 0.25) is 0 Å². The first-order chi connectivity index (χ1) is 7.48. The van der Waals surface area contributed by atoms with Gasteiger partial charge >= 0.3 is 0 Å². The van der Waals surface area contributed by atoms with Crippen LogP contribution in [0.4, 0.5) is 0 Å². The summed E-state index contributed by atoms with van der Waals surface area (Å²) < 4.78 is 22.9. The van der Waals surface area contributed by atoms with Crippen molar-refractivity contribution in [2.24, 2.45) is 11.7 Å². The highest BCUT2D eigenvalue weighted by Gasteiger charge is 2.28. The largest absolute Gasteiger partial charge is 0.330 e. The van der Waals surface area contributed by atoms with E-state index in [1.807, 2.05) is 6.92 Å². The van der Waals surface area contributed by atoms with Gasteiger partial charge in [0.15, 0.2) is 9.84 Å². The quantitative estimate of drug-likeness (QED) is 0.768. The molecule has 16 heavy (non-hydrogen) atoms. The summed E-state index contributed by atoms with van der Waals surface area (Å²) in [5.74, 6) is 1.12. The molecule has 0 aliphatic carbocycles. The molecule has 0 aromatic heterocycles. The van der Waals surface area contributed by atoms with Crippen molar-refractivity contribution in [3.8, 4) is 0 Å². The van der Waals surface area contributed by atoms with E-state index in [1.165, 1.54) is 0 Å². The first-order valence-electron chi connectivity index (χ1n) is 6.13. The predicted octanol–water partition coefficient (Wildman–Crippen LogP) is 0.480. The fourth-order valence-electron chi connectivity index (χ4n) is 2.33. The Labute approximate surface area is 99.1 Å². The molecule has 1 rings (SSSR count). The Morgan fingerprint density at radius 1 is 1.50 bits per heavy atom. The minimum atomic E-state index is -2.79. The highest BCUT2D eigenvalue weighted by atomic mass is 32.2. The van der Waals surface area contributed by atoms with Crippen LogP contribution in [0.3, 0.4) is 0 Å². The van der Waals surface area contributed by atoms with Crippen LogP contribution in [-0.4, -0.2) is 50.5 Å². The Hall–Kier alpha value is -0.130. The Morgan fingerprint density at radius 2 is 2.19 bits per heavy atom. The zero-order chi connectivity index (χ0) is 12.2. The molecule has 2 atom stereocenters. The van der Waals surface area contributed by atoms with E-state index in [0.717, 1.165) is 19.4 Å². The van der Waals surface area contributed by atoms with Gasteiger partial charge in [0.05, 0.1) is 11.5 Å². The second-order valence-corrected chi connectivity index (χ2v) is 7.08. The van der Waals surface area contributed by atoms with E-state index in [9.17, 15) is 8.42 Å². The van der Waals surface area contributed by atoms with Gasteiger partial charge in [-0.2, -0.15) is 0 Å². The van der Waals surface area contributed by atoms with Crippen molar-refractivity contribution >= 4 is 9.84 Å². The van der Waals surface area contributed by atoms with Gasteiger partial charge in [0.25, 0.3) is 0 Å². The van der Waals surface area contributed by atoms with E-state index in [2.05, 4.69) is 11.8 Å². The molecule has 96 valence electrons. The summed E-state index contributed by atoms with van der Waals surface area (Å²) in [4.78, 5) is 2.27. The van der Waals surface area contributed by atoms with Crippen molar-refractivity contribution in [2.75, 3.05) is 31.1 Å². The van der Waals surface area contributed by atoms with Crippen LogP contribution in [0, 0.1) is 5.92 Å². The average molecular weight is 248 g/mol. The molecule has 1 aliphatic heterocycles. The SMILES string of the molecule is CCCC(CN)CN1CCS(=O)(=O)CC1C. The Morgan fingerprint density at radius 3 is 2.69 bits per heavy atom. The van der Waals surface area contributed by atoms with Crippen molar-refractivity contribution in [1.82, 2.24) is 4.90 Å². The Bertz CT molecular complexity index is 303. The van der Waals surface area contributed by atoms with Crippen molar-refractivity contribution in [3.63, 3.8) is 0 Å². The summed E-state index contributed by atoms with van der Waals surface area (Å²) in [6.45, 7) is 6.47. The van der Waals surface area contributed by atoms with Gasteiger partial charge in [-0.1, -0.05) is 13.3 Å². The van der Waals surface area contributed by atoms with E-state index in [4.69, 9.17) is 5.73 Å². The van der Waals surface area contributed by atoms with Crippen molar-refractivity contribution in [2.45, 2.75) is 32.7 Å². The number of nitrogens with zero attached hydrogens (tertiary/aromatic N) is 1. The molecule has 0 spiro atoms. The molecule has 0 aromatic carbocycles. The average Bonchev–Trinajstić information content (AvgIpc) is 2.20. The van der Waals surface area contributed by atoms with Crippen LogP contribution < -0.4 is 5.73 Å². The first-order valence-corrected chi connectivity index (χ1v) is 7.95. The molecule has 0 radical (unpaired) electrons. The van der Waals surface area contributed by atoms with Crippen LogP contribution in [0.2, 0.25) is 0 Å². The van der Waals surface area contributed by atoms with Crippen molar-refractivity contribution in [3.05, 3.63) is 0 Å². The van der Waals surface area contributed by atoms with Crippen LogP contribution >= 0.6 is 0 Å². The standard InChI is InChI=1S/C11H24N2O2S/c1-3-4-11(7-12)8-13-5-6-16(14,15)9-10(13)2/h10-11H,3-9,12H2,1-2H3. The lowest BCUT2D eigenvalue weighted by Crippen LogP contribution is -2.49. The molecule has 2 N–H and O–H groups in total. The molecule has 0 aromatic rings. The zero-order valence-electron chi connectivity index (χ0n) is 10.4. The molecule has 5 heteroatoms. The van der Waals surface area contributed by atoms with Gasteiger partial charge in [-0.15, -0.1) is 0 Å². The van der Waals surface area contributed by atoms with Crippen molar-refractivity contribution < 1.29 is 8.42 Å². The second kappa shape index (κ2) is 5.98. The molecule has 0 saturated carbocycles. The zero-order valence-corrected chi connectivity index (χ0v) is 11.2.